The highest BCUT2D eigenvalue weighted by Gasteiger charge is 2.43. The average molecular weight is 408 g/mol. The molecule has 0 saturated carbocycles. The smallest absolute Gasteiger partial charge is 0.323 e. The number of aromatic amines is 2. The first kappa shape index (κ1) is 20.9. The fourth-order valence-electron chi connectivity index (χ4n) is 4.42. The standard InChI is InChI=1S/C21H29N3O3.ClH/c1-2-3-4-5-6-9-24-10-7-21(8-11-24)14-18(25)15-12-16-17(13-19(15)27-21)23-20(26)22-16;/h12-13H,2-11,14H2,1H3,(H2,22,23,26);1H. The normalized spacial score (nSPS) is 18.7. The maximum absolute atomic E-state index is 12.8. The number of ether oxygens (including phenoxy) is 1. The number of aromatic nitrogens is 2. The molecule has 0 aliphatic carbocycles. The van der Waals surface area contributed by atoms with Crippen LogP contribution in [0.2, 0.25) is 0 Å². The minimum atomic E-state index is -0.382. The van der Waals surface area contributed by atoms with Gasteiger partial charge in [-0.05, 0) is 19.0 Å². The Bertz CT molecular complexity index is 881. The molecule has 154 valence electrons. The third-order valence-corrected chi connectivity index (χ3v) is 6.07. The van der Waals surface area contributed by atoms with Gasteiger partial charge in [-0.15, -0.1) is 12.4 Å². The fourth-order valence-corrected chi connectivity index (χ4v) is 4.42. The van der Waals surface area contributed by atoms with Gasteiger partial charge < -0.3 is 19.6 Å². The molecule has 2 N–H and O–H groups in total. The number of hydrogen-bond donors (Lipinski definition) is 2. The Morgan fingerprint density at radius 2 is 1.71 bits per heavy atom. The van der Waals surface area contributed by atoms with Crippen molar-refractivity contribution in [3.8, 4) is 5.75 Å². The predicted molar refractivity (Wildman–Crippen MR) is 113 cm³/mol. The molecule has 6 nitrogen and oxygen atoms in total. The molecule has 0 atom stereocenters. The minimum Gasteiger partial charge on any atom is -0.486 e. The van der Waals surface area contributed by atoms with Crippen molar-refractivity contribution in [1.82, 2.24) is 14.9 Å². The van der Waals surface area contributed by atoms with Crippen molar-refractivity contribution >= 4 is 29.2 Å². The van der Waals surface area contributed by atoms with Gasteiger partial charge >= 0.3 is 5.69 Å². The monoisotopic (exact) mass is 407 g/mol. The summed E-state index contributed by atoms with van der Waals surface area (Å²) in [6, 6.07) is 3.53. The second-order valence-electron chi connectivity index (χ2n) is 8.11. The number of halogens is 1. The van der Waals surface area contributed by atoms with Gasteiger partial charge in [0.15, 0.2) is 5.78 Å². The molecule has 2 aliphatic heterocycles. The molecule has 4 rings (SSSR count). The van der Waals surface area contributed by atoms with E-state index in [0.29, 0.717) is 28.8 Å². The van der Waals surface area contributed by atoms with Crippen LogP contribution in [0, 0.1) is 0 Å². The Labute approximate surface area is 171 Å². The molecule has 2 aliphatic rings. The lowest BCUT2D eigenvalue weighted by Gasteiger charge is -2.44. The molecule has 28 heavy (non-hydrogen) atoms. The number of unbranched alkanes of at least 4 members (excludes halogenated alkanes) is 4. The van der Waals surface area contributed by atoms with Gasteiger partial charge in [0.1, 0.15) is 11.4 Å². The zero-order valence-corrected chi connectivity index (χ0v) is 17.3. The summed E-state index contributed by atoms with van der Waals surface area (Å²) >= 11 is 0. The van der Waals surface area contributed by atoms with Crippen LogP contribution in [0.5, 0.6) is 5.75 Å². The van der Waals surface area contributed by atoms with Crippen molar-refractivity contribution < 1.29 is 9.53 Å². The Hall–Kier alpha value is -1.79. The number of H-pyrrole nitrogens is 2. The number of nitrogens with one attached hydrogen (secondary N) is 2. The van der Waals surface area contributed by atoms with Crippen LogP contribution < -0.4 is 10.4 Å². The van der Waals surface area contributed by atoms with E-state index in [0.717, 1.165) is 32.5 Å². The SMILES string of the molecule is CCCCCCCN1CCC2(CC1)CC(=O)c1cc3[nH]c(=O)[nH]c3cc1O2.Cl. The molecule has 2 aromatic rings. The summed E-state index contributed by atoms with van der Waals surface area (Å²) in [7, 11) is 0. The van der Waals surface area contributed by atoms with Crippen LogP contribution >= 0.6 is 12.4 Å². The van der Waals surface area contributed by atoms with E-state index in [1.807, 2.05) is 0 Å². The van der Waals surface area contributed by atoms with Gasteiger partial charge in [0.05, 0.1) is 23.0 Å². The summed E-state index contributed by atoms with van der Waals surface area (Å²) in [5.74, 6) is 0.732. The molecular weight excluding hydrogens is 378 g/mol. The number of imidazole rings is 1. The molecule has 1 aromatic carbocycles. The second kappa shape index (κ2) is 8.70. The Kier molecular flexibility index (Phi) is 6.50. The van der Waals surface area contributed by atoms with Gasteiger partial charge in [0, 0.05) is 32.0 Å². The molecule has 0 unspecified atom stereocenters. The van der Waals surface area contributed by atoms with Crippen LogP contribution in [-0.4, -0.2) is 45.9 Å². The largest absolute Gasteiger partial charge is 0.486 e. The van der Waals surface area contributed by atoms with E-state index in [-0.39, 0.29) is 29.5 Å². The third kappa shape index (κ3) is 4.28. The van der Waals surface area contributed by atoms with Crippen LogP contribution in [0.25, 0.3) is 11.0 Å². The minimum absolute atomic E-state index is 0. The van der Waals surface area contributed by atoms with E-state index in [4.69, 9.17) is 4.74 Å². The molecule has 1 fully saturated rings. The first-order chi connectivity index (χ1) is 13.1. The van der Waals surface area contributed by atoms with Gasteiger partial charge in [-0.3, -0.25) is 4.79 Å². The molecule has 1 aromatic heterocycles. The molecular formula is C21H30ClN3O3. The highest BCUT2D eigenvalue weighted by atomic mass is 35.5. The van der Waals surface area contributed by atoms with E-state index < -0.39 is 0 Å². The molecule has 1 saturated heterocycles. The van der Waals surface area contributed by atoms with Crippen molar-refractivity contribution in [2.45, 2.75) is 63.9 Å². The average Bonchev–Trinajstić information content (AvgIpc) is 3.01. The van der Waals surface area contributed by atoms with E-state index in [9.17, 15) is 9.59 Å². The van der Waals surface area contributed by atoms with E-state index >= 15 is 0 Å². The number of Topliss-reactive ketones (excluding diaryl/α,β-unsaturated/α-hetero) is 1. The number of piperidine rings is 1. The first-order valence-corrected chi connectivity index (χ1v) is 10.3. The third-order valence-electron chi connectivity index (χ3n) is 6.07. The number of benzene rings is 1. The zero-order valence-electron chi connectivity index (χ0n) is 16.5. The molecule has 1 spiro atoms. The van der Waals surface area contributed by atoms with Gasteiger partial charge in [0.25, 0.3) is 0 Å². The van der Waals surface area contributed by atoms with Crippen molar-refractivity contribution in [1.29, 1.82) is 0 Å². The first-order valence-electron chi connectivity index (χ1n) is 10.3. The zero-order chi connectivity index (χ0) is 18.9. The number of carbonyl (C=O) groups is 1. The van der Waals surface area contributed by atoms with Crippen molar-refractivity contribution in [3.63, 3.8) is 0 Å². The van der Waals surface area contributed by atoms with Gasteiger partial charge in [-0.25, -0.2) is 4.79 Å². The summed E-state index contributed by atoms with van der Waals surface area (Å²) in [6.45, 7) is 5.36. The molecule has 7 heteroatoms. The van der Waals surface area contributed by atoms with Crippen molar-refractivity contribution in [3.05, 3.63) is 28.2 Å². The number of nitrogens with zero attached hydrogens (tertiary/aromatic N) is 1. The number of fused-ring (bicyclic) bond motifs is 2. The van der Waals surface area contributed by atoms with Crippen LogP contribution in [0.3, 0.4) is 0 Å². The van der Waals surface area contributed by atoms with Crippen LogP contribution in [0.1, 0.15) is 68.6 Å². The maximum atomic E-state index is 12.8. The van der Waals surface area contributed by atoms with Crippen LogP contribution in [-0.2, 0) is 0 Å². The lowest BCUT2D eigenvalue weighted by atomic mass is 9.82. The summed E-state index contributed by atoms with van der Waals surface area (Å²) in [5.41, 5.74) is 1.29. The topological polar surface area (TPSA) is 78.2 Å². The summed E-state index contributed by atoms with van der Waals surface area (Å²) in [5, 5.41) is 0. The summed E-state index contributed by atoms with van der Waals surface area (Å²) in [6.07, 6.45) is 8.71. The van der Waals surface area contributed by atoms with E-state index in [2.05, 4.69) is 21.8 Å². The second-order valence-corrected chi connectivity index (χ2v) is 8.11. The highest BCUT2D eigenvalue weighted by molar-refractivity contribution is 6.03. The van der Waals surface area contributed by atoms with Crippen LogP contribution in [0.15, 0.2) is 16.9 Å². The highest BCUT2D eigenvalue weighted by Crippen LogP contribution is 2.40. The quantitative estimate of drug-likeness (QED) is 0.708. The van der Waals surface area contributed by atoms with Crippen LogP contribution in [0.4, 0.5) is 0 Å². The fraction of sp³-hybridized carbons (Fsp3) is 0.619. The molecule has 3 heterocycles. The van der Waals surface area contributed by atoms with Gasteiger partial charge in [-0.2, -0.15) is 0 Å². The summed E-state index contributed by atoms with van der Waals surface area (Å²) < 4.78 is 6.37. The number of carbonyl (C=O) groups excluding carboxylic acids is 1. The Morgan fingerprint density at radius 3 is 2.43 bits per heavy atom. The van der Waals surface area contributed by atoms with Gasteiger partial charge in [0.2, 0.25) is 0 Å². The summed E-state index contributed by atoms with van der Waals surface area (Å²) in [4.78, 5) is 32.3. The number of rotatable bonds is 6. The van der Waals surface area contributed by atoms with Crippen molar-refractivity contribution in [2.75, 3.05) is 19.6 Å². The predicted octanol–water partition coefficient (Wildman–Crippen LogP) is 4.05. The maximum Gasteiger partial charge on any atom is 0.323 e. The number of hydrogen-bond acceptors (Lipinski definition) is 4. The Balaban J connectivity index is 0.00000225. The number of ketones is 1. The molecule has 0 bridgehead atoms. The van der Waals surface area contributed by atoms with E-state index in [1.165, 1.54) is 32.1 Å². The Morgan fingerprint density at radius 1 is 1.04 bits per heavy atom. The molecule has 0 amide bonds. The lowest BCUT2D eigenvalue weighted by Crippen LogP contribution is -2.51. The van der Waals surface area contributed by atoms with Crippen molar-refractivity contribution in [2.24, 2.45) is 0 Å². The van der Waals surface area contributed by atoms with Gasteiger partial charge in [-0.1, -0.05) is 32.6 Å². The lowest BCUT2D eigenvalue weighted by molar-refractivity contribution is -0.00908. The number of likely N-dealkylation sites (tertiary alicyclic amines) is 1. The van der Waals surface area contributed by atoms with E-state index in [1.54, 1.807) is 12.1 Å². The molecule has 0 radical (unpaired) electrons.